The largest absolute Gasteiger partial charge is 0.508 e. The molecule has 1 rings (SSSR count). The number of carbonyl (C=O) groups is 5. The number of aliphatic hydroxyl groups excluding tert-OH is 2. The van der Waals surface area contributed by atoms with Gasteiger partial charge in [-0.25, -0.2) is 0 Å². The molecule has 1 aromatic rings. The lowest BCUT2D eigenvalue weighted by Gasteiger charge is -2.27. The lowest BCUT2D eigenvalue weighted by atomic mass is 10.0. The molecule has 1 aromatic carbocycles. The summed E-state index contributed by atoms with van der Waals surface area (Å²) in [5.41, 5.74) is 6.22. The highest BCUT2D eigenvalue weighted by atomic mass is 32.2. The van der Waals surface area contributed by atoms with Crippen LogP contribution in [0.15, 0.2) is 24.3 Å². The van der Waals surface area contributed by atoms with Crippen LogP contribution in [0.5, 0.6) is 5.75 Å². The van der Waals surface area contributed by atoms with Crippen molar-refractivity contribution in [3.8, 4) is 5.75 Å². The van der Waals surface area contributed by atoms with Crippen LogP contribution >= 0.6 is 11.8 Å². The van der Waals surface area contributed by atoms with Crippen molar-refractivity contribution in [2.24, 2.45) is 5.73 Å². The SMILES string of the molecule is CSCC[C@H](NC(=O)[C@@H](NC(=O)[C@H](Cc1ccc(O)cc1)NC(=O)[C@@H](N)[C@@H](C)O)[C@@H](C)O)C(=O)N[C@@H](C)C(=O)O. The van der Waals surface area contributed by atoms with Crippen molar-refractivity contribution in [3.63, 3.8) is 0 Å². The number of carboxylic acid groups (broad SMARTS) is 1. The third kappa shape index (κ3) is 11.4. The van der Waals surface area contributed by atoms with Crippen molar-refractivity contribution >= 4 is 41.4 Å². The minimum absolute atomic E-state index is 0.0198. The first-order valence-corrected chi connectivity index (χ1v) is 13.9. The number of aliphatic hydroxyl groups is 2. The number of aromatic hydroxyl groups is 1. The van der Waals surface area contributed by atoms with E-state index < -0.39 is 72.0 Å². The van der Waals surface area contributed by atoms with Gasteiger partial charge in [0.1, 0.15) is 36.0 Å². The van der Waals surface area contributed by atoms with Crippen LogP contribution in [0.1, 0.15) is 32.8 Å². The fraction of sp³-hybridized carbons (Fsp3) is 0.560. The zero-order valence-corrected chi connectivity index (χ0v) is 23.6. The number of hydrogen-bond donors (Lipinski definition) is 9. The first-order chi connectivity index (χ1) is 18.7. The summed E-state index contributed by atoms with van der Waals surface area (Å²) in [6.07, 6.45) is -0.828. The molecular formula is C25H39N5O9S. The average Bonchev–Trinajstić information content (AvgIpc) is 2.88. The minimum atomic E-state index is -1.56. The molecule has 0 fully saturated rings. The molecule has 0 bridgehead atoms. The smallest absolute Gasteiger partial charge is 0.325 e. The number of nitrogens with two attached hydrogens (primary N) is 1. The Labute approximate surface area is 236 Å². The van der Waals surface area contributed by atoms with Crippen molar-refractivity contribution in [3.05, 3.63) is 29.8 Å². The topological polar surface area (TPSA) is 240 Å². The number of benzene rings is 1. The highest BCUT2D eigenvalue weighted by molar-refractivity contribution is 7.98. The summed E-state index contributed by atoms with van der Waals surface area (Å²) in [6, 6.07) is -0.793. The molecule has 0 spiro atoms. The van der Waals surface area contributed by atoms with Crippen molar-refractivity contribution < 1.29 is 44.4 Å². The standard InChI is InChI=1S/C25H39N5O9S/c1-12(25(38)39)27-21(34)17(9-10-40-4)28-24(37)20(14(3)32)30-22(35)18(29-23(36)19(26)13(2)31)11-15-5-7-16(33)8-6-15/h5-8,12-14,17-20,31-33H,9-11,26H2,1-4H3,(H,27,34)(H,28,37)(H,29,36)(H,30,35)(H,38,39)/t12-,13+,14+,17-,18-,19-,20-/m0/s1. The molecule has 0 saturated carbocycles. The van der Waals surface area contributed by atoms with Gasteiger partial charge >= 0.3 is 5.97 Å². The number of amides is 4. The number of phenols is 1. The zero-order valence-electron chi connectivity index (χ0n) is 22.8. The fourth-order valence-corrected chi connectivity index (χ4v) is 3.84. The molecule has 0 aliphatic carbocycles. The Balaban J connectivity index is 3.14. The summed E-state index contributed by atoms with van der Waals surface area (Å²) in [4.78, 5) is 62.6. The third-order valence-corrected chi connectivity index (χ3v) is 6.51. The maximum atomic E-state index is 13.3. The Bertz CT molecular complexity index is 1020. The van der Waals surface area contributed by atoms with Gasteiger partial charge in [-0.1, -0.05) is 12.1 Å². The quantitative estimate of drug-likeness (QED) is 0.101. The van der Waals surface area contributed by atoms with E-state index in [1.54, 1.807) is 6.26 Å². The van der Waals surface area contributed by atoms with Gasteiger partial charge in [0.05, 0.1) is 12.2 Å². The van der Waals surface area contributed by atoms with E-state index in [0.29, 0.717) is 11.3 Å². The van der Waals surface area contributed by atoms with E-state index in [0.717, 1.165) is 0 Å². The molecule has 10 N–H and O–H groups in total. The normalized spacial score (nSPS) is 16.3. The first-order valence-electron chi connectivity index (χ1n) is 12.5. The van der Waals surface area contributed by atoms with Crippen LogP contribution in [-0.4, -0.2) is 104 Å². The lowest BCUT2D eigenvalue weighted by Crippen LogP contribution is -2.61. The van der Waals surface area contributed by atoms with Gasteiger partial charge in [0, 0.05) is 6.42 Å². The predicted molar refractivity (Wildman–Crippen MR) is 147 cm³/mol. The maximum absolute atomic E-state index is 13.3. The third-order valence-electron chi connectivity index (χ3n) is 5.87. The second-order valence-corrected chi connectivity index (χ2v) is 10.3. The summed E-state index contributed by atoms with van der Waals surface area (Å²) >= 11 is 1.39. The van der Waals surface area contributed by atoms with Crippen LogP contribution in [0.25, 0.3) is 0 Å². The summed E-state index contributed by atoms with van der Waals surface area (Å²) in [5, 5.41) is 48.1. The highest BCUT2D eigenvalue weighted by Gasteiger charge is 2.33. The van der Waals surface area contributed by atoms with Gasteiger partial charge in [-0.3, -0.25) is 24.0 Å². The van der Waals surface area contributed by atoms with Gasteiger partial charge < -0.3 is 47.4 Å². The molecular weight excluding hydrogens is 546 g/mol. The van der Waals surface area contributed by atoms with Gasteiger partial charge in [-0.05, 0) is 56.9 Å². The molecule has 0 saturated heterocycles. The van der Waals surface area contributed by atoms with Crippen LogP contribution < -0.4 is 27.0 Å². The first kappa shape index (κ1) is 34.6. The monoisotopic (exact) mass is 585 g/mol. The van der Waals surface area contributed by atoms with Crippen molar-refractivity contribution in [1.29, 1.82) is 0 Å². The number of rotatable bonds is 16. The van der Waals surface area contributed by atoms with E-state index in [-0.39, 0.29) is 18.6 Å². The predicted octanol–water partition coefficient (Wildman–Crippen LogP) is -2.18. The molecule has 7 atom stereocenters. The summed E-state index contributed by atoms with van der Waals surface area (Å²) in [7, 11) is 0. The number of thioether (sulfide) groups is 1. The van der Waals surface area contributed by atoms with Gasteiger partial charge in [0.25, 0.3) is 0 Å². The molecule has 14 nitrogen and oxygen atoms in total. The molecule has 224 valence electrons. The number of carbonyl (C=O) groups excluding carboxylic acids is 4. The van der Waals surface area contributed by atoms with E-state index in [1.807, 2.05) is 0 Å². The average molecular weight is 586 g/mol. The van der Waals surface area contributed by atoms with Crippen LogP contribution in [0.2, 0.25) is 0 Å². The van der Waals surface area contributed by atoms with E-state index in [4.69, 9.17) is 10.8 Å². The molecule has 0 radical (unpaired) electrons. The fourth-order valence-electron chi connectivity index (χ4n) is 3.36. The maximum Gasteiger partial charge on any atom is 0.325 e. The summed E-state index contributed by atoms with van der Waals surface area (Å²) in [5.74, 6) is -4.22. The van der Waals surface area contributed by atoms with Gasteiger partial charge in [-0.15, -0.1) is 0 Å². The summed E-state index contributed by atoms with van der Waals surface area (Å²) < 4.78 is 0. The van der Waals surface area contributed by atoms with Crippen LogP contribution in [0, 0.1) is 0 Å². The van der Waals surface area contributed by atoms with Crippen molar-refractivity contribution in [1.82, 2.24) is 21.3 Å². The summed E-state index contributed by atoms with van der Waals surface area (Å²) in [6.45, 7) is 3.80. The number of hydrogen-bond acceptors (Lipinski definition) is 10. The van der Waals surface area contributed by atoms with Crippen LogP contribution in [-0.2, 0) is 30.4 Å². The Morgan fingerprint density at radius 2 is 1.38 bits per heavy atom. The van der Waals surface area contributed by atoms with Gasteiger partial charge in [0.2, 0.25) is 23.6 Å². The van der Waals surface area contributed by atoms with E-state index >= 15 is 0 Å². The van der Waals surface area contributed by atoms with Gasteiger partial charge in [-0.2, -0.15) is 11.8 Å². The molecule has 0 heterocycles. The second-order valence-electron chi connectivity index (χ2n) is 9.34. The van der Waals surface area contributed by atoms with E-state index in [2.05, 4.69) is 21.3 Å². The number of aliphatic carboxylic acids is 1. The number of phenolic OH excluding ortho intramolecular Hbond substituents is 1. The molecule has 15 heteroatoms. The van der Waals surface area contributed by atoms with Crippen molar-refractivity contribution in [2.45, 2.75) is 76.0 Å². The molecule has 0 aliphatic rings. The molecule has 0 aliphatic heterocycles. The van der Waals surface area contributed by atoms with Crippen LogP contribution in [0.4, 0.5) is 0 Å². The molecule has 0 aromatic heterocycles. The lowest BCUT2D eigenvalue weighted by molar-refractivity contribution is -0.142. The Hall–Kier alpha value is -3.40. The van der Waals surface area contributed by atoms with E-state index in [1.165, 1.54) is 56.8 Å². The Morgan fingerprint density at radius 3 is 1.88 bits per heavy atom. The Morgan fingerprint density at radius 1 is 0.825 bits per heavy atom. The minimum Gasteiger partial charge on any atom is -0.508 e. The molecule has 0 unspecified atom stereocenters. The van der Waals surface area contributed by atoms with Crippen molar-refractivity contribution in [2.75, 3.05) is 12.0 Å². The Kier molecular flexibility index (Phi) is 14.4. The zero-order chi connectivity index (χ0) is 30.6. The molecule has 40 heavy (non-hydrogen) atoms. The molecule has 4 amide bonds. The van der Waals surface area contributed by atoms with Crippen LogP contribution in [0.3, 0.4) is 0 Å². The second kappa shape index (κ2) is 16.6. The number of nitrogens with one attached hydrogen (secondary N) is 4. The highest BCUT2D eigenvalue weighted by Crippen LogP contribution is 2.12. The van der Waals surface area contributed by atoms with Gasteiger partial charge in [0.15, 0.2) is 0 Å². The van der Waals surface area contributed by atoms with E-state index in [9.17, 15) is 39.3 Å². The number of carboxylic acids is 1.